The lowest BCUT2D eigenvalue weighted by molar-refractivity contribution is -0.384. The van der Waals surface area contributed by atoms with Crippen molar-refractivity contribution in [2.75, 3.05) is 31.6 Å². The van der Waals surface area contributed by atoms with Crippen LogP contribution in [0.2, 0.25) is 0 Å². The van der Waals surface area contributed by atoms with E-state index in [9.17, 15) is 25.1 Å². The number of nitro benzene ring substituents is 1. The summed E-state index contributed by atoms with van der Waals surface area (Å²) in [4.78, 5) is 30.6. The van der Waals surface area contributed by atoms with Gasteiger partial charge in [-0.1, -0.05) is 42.5 Å². The van der Waals surface area contributed by atoms with E-state index in [4.69, 9.17) is 4.99 Å². The van der Waals surface area contributed by atoms with Crippen molar-refractivity contribution < 1.29 is 19.9 Å². The van der Waals surface area contributed by atoms with Crippen molar-refractivity contribution in [3.8, 4) is 0 Å². The number of carbonyl (C=O) groups is 1. The molecular weight excluding hydrogens is 448 g/mol. The fourth-order valence-electron chi connectivity index (χ4n) is 4.16. The summed E-state index contributed by atoms with van der Waals surface area (Å²) in [6.45, 7) is 1.50. The van der Waals surface area contributed by atoms with Crippen LogP contribution in [0.3, 0.4) is 0 Å². The fourth-order valence-corrected chi connectivity index (χ4v) is 4.16. The van der Waals surface area contributed by atoms with Gasteiger partial charge in [-0.05, 0) is 29.3 Å². The number of fused-ring (bicyclic) bond motifs is 1. The third kappa shape index (κ3) is 5.60. The van der Waals surface area contributed by atoms with E-state index in [0.717, 1.165) is 11.1 Å². The summed E-state index contributed by atoms with van der Waals surface area (Å²) in [5.41, 5.74) is 3.84. The molecule has 35 heavy (non-hydrogen) atoms. The minimum absolute atomic E-state index is 0.00585. The molecule has 0 fully saturated rings. The lowest BCUT2D eigenvalue weighted by atomic mass is 9.90. The van der Waals surface area contributed by atoms with Gasteiger partial charge < -0.3 is 15.5 Å². The molecule has 3 aromatic carbocycles. The zero-order valence-corrected chi connectivity index (χ0v) is 19.0. The van der Waals surface area contributed by atoms with Gasteiger partial charge in [0, 0.05) is 43.0 Å². The Kier molecular flexibility index (Phi) is 7.61. The van der Waals surface area contributed by atoms with E-state index in [1.165, 1.54) is 12.1 Å². The van der Waals surface area contributed by atoms with Gasteiger partial charge in [0.2, 0.25) is 5.91 Å². The number of benzene rings is 3. The molecule has 0 saturated heterocycles. The van der Waals surface area contributed by atoms with E-state index in [2.05, 4.69) is 5.32 Å². The van der Waals surface area contributed by atoms with Crippen LogP contribution in [0, 0.1) is 10.1 Å². The molecule has 3 N–H and O–H groups in total. The highest BCUT2D eigenvalue weighted by Gasteiger charge is 2.36. The van der Waals surface area contributed by atoms with E-state index >= 15 is 0 Å². The molecule has 180 valence electrons. The predicted molar refractivity (Wildman–Crippen MR) is 133 cm³/mol. The minimum Gasteiger partial charge on any atom is -0.395 e. The van der Waals surface area contributed by atoms with Crippen molar-refractivity contribution in [3.05, 3.63) is 99.6 Å². The SMILES string of the molecule is O=C1Nc2ccc([N+](=O)[O-])cc2C1C(=Nc1ccc(CN(CCO)CCO)cc1)c1ccccc1. The average molecular weight is 475 g/mol. The number of nitrogens with zero attached hydrogens (tertiary/aromatic N) is 3. The molecular formula is C26H26N4O5. The van der Waals surface area contributed by atoms with E-state index < -0.39 is 10.8 Å². The van der Waals surface area contributed by atoms with Crippen LogP contribution in [-0.4, -0.2) is 58.0 Å². The molecule has 1 heterocycles. The number of aliphatic imine (C=N–C) groups is 1. The summed E-state index contributed by atoms with van der Waals surface area (Å²) in [6, 6.07) is 21.2. The van der Waals surface area contributed by atoms with Crippen LogP contribution in [0.25, 0.3) is 0 Å². The summed E-state index contributed by atoms with van der Waals surface area (Å²) in [5.74, 6) is -1.08. The quantitative estimate of drug-likeness (QED) is 0.235. The molecule has 4 rings (SSSR count). The van der Waals surface area contributed by atoms with Crippen molar-refractivity contribution in [1.29, 1.82) is 0 Å². The van der Waals surface area contributed by atoms with E-state index in [-0.39, 0.29) is 24.8 Å². The van der Waals surface area contributed by atoms with Crippen molar-refractivity contribution >= 4 is 28.7 Å². The van der Waals surface area contributed by atoms with Crippen molar-refractivity contribution in [2.45, 2.75) is 12.5 Å². The number of nitro groups is 1. The Balaban J connectivity index is 1.70. The second-order valence-corrected chi connectivity index (χ2v) is 8.20. The van der Waals surface area contributed by atoms with Gasteiger partial charge in [0.1, 0.15) is 5.92 Å². The van der Waals surface area contributed by atoms with Crippen molar-refractivity contribution in [2.24, 2.45) is 4.99 Å². The normalized spacial score (nSPS) is 15.2. The number of nitrogens with one attached hydrogen (secondary N) is 1. The Morgan fingerprint density at radius 3 is 2.31 bits per heavy atom. The number of aliphatic hydroxyl groups excluding tert-OH is 2. The minimum atomic E-state index is -0.795. The molecule has 0 aliphatic carbocycles. The average Bonchev–Trinajstić information content (AvgIpc) is 3.19. The van der Waals surface area contributed by atoms with Gasteiger partial charge >= 0.3 is 0 Å². The Labute approximate surface area is 202 Å². The largest absolute Gasteiger partial charge is 0.395 e. The van der Waals surface area contributed by atoms with Crippen LogP contribution in [0.5, 0.6) is 0 Å². The summed E-state index contributed by atoms with van der Waals surface area (Å²) < 4.78 is 0. The summed E-state index contributed by atoms with van der Waals surface area (Å²) in [5, 5.41) is 32.6. The molecule has 1 unspecified atom stereocenters. The first-order valence-corrected chi connectivity index (χ1v) is 11.3. The second-order valence-electron chi connectivity index (χ2n) is 8.20. The summed E-state index contributed by atoms with van der Waals surface area (Å²) >= 11 is 0. The monoisotopic (exact) mass is 474 g/mol. The number of rotatable bonds is 10. The Morgan fingerprint density at radius 1 is 1.00 bits per heavy atom. The molecule has 9 nitrogen and oxygen atoms in total. The zero-order valence-electron chi connectivity index (χ0n) is 19.0. The van der Waals surface area contributed by atoms with Crippen LogP contribution in [0.4, 0.5) is 17.1 Å². The number of non-ortho nitro benzene ring substituents is 1. The maximum Gasteiger partial charge on any atom is 0.269 e. The van der Waals surface area contributed by atoms with E-state index in [1.54, 1.807) is 6.07 Å². The Hall–Kier alpha value is -3.92. The van der Waals surface area contributed by atoms with Crippen LogP contribution < -0.4 is 5.32 Å². The van der Waals surface area contributed by atoms with Crippen LogP contribution in [0.15, 0.2) is 77.8 Å². The summed E-state index contributed by atoms with van der Waals surface area (Å²) in [6.07, 6.45) is 0. The lowest BCUT2D eigenvalue weighted by Crippen LogP contribution is -2.29. The van der Waals surface area contributed by atoms with Gasteiger partial charge in [-0.3, -0.25) is 24.8 Å². The Bertz CT molecular complexity index is 1220. The highest BCUT2D eigenvalue weighted by atomic mass is 16.6. The molecule has 3 aromatic rings. The molecule has 1 aliphatic rings. The third-order valence-corrected chi connectivity index (χ3v) is 5.84. The van der Waals surface area contributed by atoms with Crippen LogP contribution in [-0.2, 0) is 11.3 Å². The highest BCUT2D eigenvalue weighted by Crippen LogP contribution is 2.38. The zero-order chi connectivity index (χ0) is 24.8. The molecule has 9 heteroatoms. The maximum absolute atomic E-state index is 13.0. The topological polar surface area (TPSA) is 128 Å². The lowest BCUT2D eigenvalue weighted by Gasteiger charge is -2.20. The molecule has 0 saturated carbocycles. The molecule has 0 bridgehead atoms. The van der Waals surface area contributed by atoms with Gasteiger partial charge in [-0.15, -0.1) is 0 Å². The number of hydrogen-bond donors (Lipinski definition) is 3. The first-order chi connectivity index (χ1) is 17.0. The maximum atomic E-state index is 13.0. The number of carbonyl (C=O) groups excluding carboxylic acids is 1. The van der Waals surface area contributed by atoms with Crippen LogP contribution in [0.1, 0.15) is 22.6 Å². The van der Waals surface area contributed by atoms with Gasteiger partial charge in [-0.2, -0.15) is 0 Å². The molecule has 0 spiro atoms. The third-order valence-electron chi connectivity index (χ3n) is 5.84. The first-order valence-electron chi connectivity index (χ1n) is 11.3. The van der Waals surface area contributed by atoms with Gasteiger partial charge in [0.05, 0.1) is 29.5 Å². The smallest absolute Gasteiger partial charge is 0.269 e. The number of hydrogen-bond acceptors (Lipinski definition) is 7. The summed E-state index contributed by atoms with van der Waals surface area (Å²) in [7, 11) is 0. The Morgan fingerprint density at radius 2 is 1.69 bits per heavy atom. The number of amides is 1. The molecule has 0 aromatic heterocycles. The van der Waals surface area contributed by atoms with Crippen LogP contribution >= 0.6 is 0 Å². The molecule has 1 aliphatic heterocycles. The molecule has 1 atom stereocenters. The van der Waals surface area contributed by atoms with Crippen molar-refractivity contribution in [3.63, 3.8) is 0 Å². The van der Waals surface area contributed by atoms with Crippen molar-refractivity contribution in [1.82, 2.24) is 4.90 Å². The predicted octanol–water partition coefficient (Wildman–Crippen LogP) is 3.24. The number of aliphatic hydroxyl groups is 2. The first kappa shape index (κ1) is 24.2. The standard InChI is InChI=1S/C26H26N4O5/c31-14-12-29(13-15-32)17-18-6-8-20(9-7-18)27-25(19-4-2-1-3-5-19)24-22-16-21(30(34)35)10-11-23(22)28-26(24)33/h1-11,16,24,31-32H,12-15,17H2,(H,28,33). The second kappa shape index (κ2) is 11.0. The van der Waals surface area contributed by atoms with E-state index in [1.807, 2.05) is 59.5 Å². The van der Waals surface area contributed by atoms with Gasteiger partial charge in [-0.25, -0.2) is 0 Å². The highest BCUT2D eigenvalue weighted by molar-refractivity contribution is 6.24. The fraction of sp³-hybridized carbons (Fsp3) is 0.231. The van der Waals surface area contributed by atoms with E-state index in [0.29, 0.717) is 42.3 Å². The van der Waals surface area contributed by atoms with Gasteiger partial charge in [0.25, 0.3) is 5.69 Å². The molecule has 1 amide bonds. The van der Waals surface area contributed by atoms with Gasteiger partial charge in [0.15, 0.2) is 0 Å². The molecule has 0 radical (unpaired) electrons. The number of anilines is 1.